The molecule has 0 bridgehead atoms. The van der Waals surface area contributed by atoms with Crippen LogP contribution in [0.1, 0.15) is 34.8 Å². The summed E-state index contributed by atoms with van der Waals surface area (Å²) in [7, 11) is 2.13. The average Bonchev–Trinajstić information content (AvgIpc) is 3.54. The molecule has 1 aliphatic heterocycles. The molecule has 1 saturated heterocycles. The molecular weight excluding hydrogens is 651 g/mol. The highest BCUT2D eigenvalue weighted by Crippen LogP contribution is 2.30. The molecule has 0 spiro atoms. The van der Waals surface area contributed by atoms with Crippen LogP contribution in [-0.4, -0.2) is 82.4 Å². The Labute approximate surface area is 297 Å². The highest BCUT2D eigenvalue weighted by Gasteiger charge is 2.24. The van der Waals surface area contributed by atoms with Gasteiger partial charge in [-0.25, -0.2) is 19.1 Å². The van der Waals surface area contributed by atoms with E-state index >= 15 is 4.39 Å². The first kappa shape index (κ1) is 35.4. The number of nitrogens with one attached hydrogen (secondary N) is 1. The zero-order valence-electron chi connectivity index (χ0n) is 29.4. The van der Waals surface area contributed by atoms with Gasteiger partial charge in [0.1, 0.15) is 11.6 Å². The third kappa shape index (κ3) is 9.44. The van der Waals surface area contributed by atoms with Gasteiger partial charge < -0.3 is 29.1 Å². The smallest absolute Gasteiger partial charge is 0.425 e. The Hall–Kier alpha value is -5.40. The number of nitrogens with zero attached hydrogens (tertiary/aromatic N) is 7. The van der Waals surface area contributed by atoms with Crippen molar-refractivity contribution in [3.05, 3.63) is 107 Å². The number of ether oxygens (including phenoxy) is 2. The number of piperazine rings is 1. The lowest BCUT2D eigenvalue weighted by Gasteiger charge is -2.32. The van der Waals surface area contributed by atoms with E-state index in [0.29, 0.717) is 48.3 Å². The zero-order valence-corrected chi connectivity index (χ0v) is 29.4. The van der Waals surface area contributed by atoms with Gasteiger partial charge in [-0.1, -0.05) is 35.5 Å². The van der Waals surface area contributed by atoms with E-state index in [-0.39, 0.29) is 17.5 Å². The zero-order chi connectivity index (χ0) is 35.7. The standard InChI is InChI=1S/C38H43FN8O4/c1-26-8-5-9-27(2)36(26)50-38(48)47(31-11-6-10-29(24-31)12-15-35-41-28(3)44-51-35)34-16-17-40-37(43-34)42-30-13-14-33(32(39)25-30)49-23-7-18-46-21-19-45(4)20-22-46/h5-6,8-11,13-14,16-17,24-25H,7,12,15,18-23H2,1-4H3,(H,40,42,43). The second-order valence-electron chi connectivity index (χ2n) is 12.7. The number of anilines is 4. The van der Waals surface area contributed by atoms with Crippen LogP contribution in [0.5, 0.6) is 11.5 Å². The fourth-order valence-corrected chi connectivity index (χ4v) is 5.87. The molecular formula is C38H43FN8O4. The molecule has 0 aliphatic carbocycles. The Morgan fingerprint density at radius 2 is 1.75 bits per heavy atom. The highest BCUT2D eigenvalue weighted by molar-refractivity contribution is 5.96. The molecule has 3 aromatic carbocycles. The number of hydrogen-bond acceptors (Lipinski definition) is 11. The summed E-state index contributed by atoms with van der Waals surface area (Å²) in [4.78, 5) is 33.4. The van der Waals surface area contributed by atoms with Crippen molar-refractivity contribution < 1.29 is 23.2 Å². The number of aryl methyl sites for hydroxylation is 5. The van der Waals surface area contributed by atoms with Crippen LogP contribution in [0.3, 0.4) is 0 Å². The van der Waals surface area contributed by atoms with Crippen molar-refractivity contribution in [3.8, 4) is 11.5 Å². The molecule has 13 heteroatoms. The molecule has 3 heterocycles. The summed E-state index contributed by atoms with van der Waals surface area (Å²) in [6, 6.07) is 19.5. The van der Waals surface area contributed by atoms with Gasteiger partial charge in [0.2, 0.25) is 11.8 Å². The predicted octanol–water partition coefficient (Wildman–Crippen LogP) is 6.81. The third-order valence-corrected chi connectivity index (χ3v) is 8.68. The number of carbonyl (C=O) groups is 1. The number of para-hydroxylation sites is 1. The van der Waals surface area contributed by atoms with Crippen molar-refractivity contribution >= 4 is 29.2 Å². The van der Waals surface area contributed by atoms with Gasteiger partial charge in [0.25, 0.3) is 0 Å². The quantitative estimate of drug-likeness (QED) is 0.131. The number of hydrogen-bond donors (Lipinski definition) is 1. The Kier molecular flexibility index (Phi) is 11.5. The number of rotatable bonds is 13. The van der Waals surface area contributed by atoms with Gasteiger partial charge in [0, 0.05) is 63.2 Å². The minimum atomic E-state index is -0.651. The molecule has 0 unspecified atom stereocenters. The maximum atomic E-state index is 15.1. The van der Waals surface area contributed by atoms with Gasteiger partial charge in [-0.3, -0.25) is 0 Å². The second kappa shape index (κ2) is 16.5. The Balaban J connectivity index is 1.18. The average molecular weight is 695 g/mol. The van der Waals surface area contributed by atoms with Crippen molar-refractivity contribution in [3.63, 3.8) is 0 Å². The minimum absolute atomic E-state index is 0.167. The van der Waals surface area contributed by atoms with E-state index in [2.05, 4.69) is 42.3 Å². The molecule has 1 N–H and O–H groups in total. The van der Waals surface area contributed by atoms with Crippen molar-refractivity contribution in [1.82, 2.24) is 29.9 Å². The first-order chi connectivity index (χ1) is 24.7. The number of likely N-dealkylation sites (N-methyl/N-ethyl adjacent to an activating group) is 1. The van der Waals surface area contributed by atoms with Crippen molar-refractivity contribution in [2.24, 2.45) is 0 Å². The van der Waals surface area contributed by atoms with Gasteiger partial charge >= 0.3 is 6.09 Å². The summed E-state index contributed by atoms with van der Waals surface area (Å²) in [5.74, 6) is 1.69. The van der Waals surface area contributed by atoms with E-state index in [4.69, 9.17) is 14.0 Å². The number of amides is 1. The van der Waals surface area contributed by atoms with E-state index in [1.165, 1.54) is 17.2 Å². The van der Waals surface area contributed by atoms with Crippen LogP contribution >= 0.6 is 0 Å². The summed E-state index contributed by atoms with van der Waals surface area (Å²) in [6.07, 6.45) is 2.83. The number of aromatic nitrogens is 4. The molecule has 2 aromatic heterocycles. The number of halogens is 1. The molecule has 266 valence electrons. The van der Waals surface area contributed by atoms with Crippen molar-refractivity contribution in [2.45, 2.75) is 40.0 Å². The Bertz CT molecular complexity index is 1920. The molecule has 51 heavy (non-hydrogen) atoms. The molecule has 1 fully saturated rings. The molecule has 0 saturated carbocycles. The van der Waals surface area contributed by atoms with Crippen LogP contribution in [0.4, 0.5) is 32.3 Å². The first-order valence-corrected chi connectivity index (χ1v) is 17.1. The normalized spacial score (nSPS) is 13.6. The van der Waals surface area contributed by atoms with Gasteiger partial charge in [0.05, 0.1) is 12.3 Å². The molecule has 0 radical (unpaired) electrons. The van der Waals surface area contributed by atoms with Crippen molar-refractivity contribution in [2.75, 3.05) is 56.6 Å². The molecule has 1 amide bonds. The lowest BCUT2D eigenvalue weighted by Crippen LogP contribution is -2.44. The van der Waals surface area contributed by atoms with Crippen LogP contribution in [0.2, 0.25) is 0 Å². The molecule has 1 aliphatic rings. The van der Waals surface area contributed by atoms with Crippen molar-refractivity contribution in [1.29, 1.82) is 0 Å². The molecule has 12 nitrogen and oxygen atoms in total. The molecule has 6 rings (SSSR count). The third-order valence-electron chi connectivity index (χ3n) is 8.68. The summed E-state index contributed by atoms with van der Waals surface area (Å²) in [6.45, 7) is 11.1. The van der Waals surface area contributed by atoms with Gasteiger partial charge in [-0.15, -0.1) is 0 Å². The molecule has 0 atom stereocenters. The summed E-state index contributed by atoms with van der Waals surface area (Å²) >= 11 is 0. The second-order valence-corrected chi connectivity index (χ2v) is 12.7. The van der Waals surface area contributed by atoms with E-state index in [1.54, 1.807) is 31.2 Å². The molecule has 5 aromatic rings. The number of carbonyl (C=O) groups excluding carboxylic acids is 1. The van der Waals surface area contributed by atoms with Crippen LogP contribution in [0, 0.1) is 26.6 Å². The fourth-order valence-electron chi connectivity index (χ4n) is 5.87. The monoisotopic (exact) mass is 694 g/mol. The lowest BCUT2D eigenvalue weighted by molar-refractivity contribution is 0.145. The highest BCUT2D eigenvalue weighted by atomic mass is 19.1. The SMILES string of the molecule is Cc1noc(CCc2cccc(N(C(=O)Oc3c(C)cccc3C)c3ccnc(Nc4ccc(OCCCN5CCN(C)CC5)c(F)c4)n3)c2)n1. The summed E-state index contributed by atoms with van der Waals surface area (Å²) in [5, 5.41) is 6.93. The maximum Gasteiger partial charge on any atom is 0.425 e. The van der Waals surface area contributed by atoms with Gasteiger partial charge in [-0.2, -0.15) is 9.97 Å². The first-order valence-electron chi connectivity index (χ1n) is 17.1. The van der Waals surface area contributed by atoms with Crippen LogP contribution in [-0.2, 0) is 12.8 Å². The Morgan fingerprint density at radius 1 is 0.961 bits per heavy atom. The van der Waals surface area contributed by atoms with E-state index in [9.17, 15) is 4.79 Å². The van der Waals surface area contributed by atoms with E-state index in [1.807, 2.05) is 50.2 Å². The number of benzene rings is 3. The maximum absolute atomic E-state index is 15.1. The van der Waals surface area contributed by atoms with Gasteiger partial charge in [0.15, 0.2) is 17.4 Å². The van der Waals surface area contributed by atoms with Crippen LogP contribution in [0.15, 0.2) is 77.4 Å². The fraction of sp³-hybridized carbons (Fsp3) is 0.342. The summed E-state index contributed by atoms with van der Waals surface area (Å²) < 4.78 is 32.1. The van der Waals surface area contributed by atoms with E-state index in [0.717, 1.165) is 55.8 Å². The summed E-state index contributed by atoms with van der Waals surface area (Å²) in [5.41, 5.74) is 3.55. The van der Waals surface area contributed by atoms with Crippen LogP contribution < -0.4 is 19.7 Å². The predicted molar refractivity (Wildman–Crippen MR) is 193 cm³/mol. The van der Waals surface area contributed by atoms with E-state index < -0.39 is 11.9 Å². The Morgan fingerprint density at radius 3 is 2.49 bits per heavy atom. The lowest BCUT2D eigenvalue weighted by atomic mass is 10.1. The minimum Gasteiger partial charge on any atom is -0.490 e. The largest absolute Gasteiger partial charge is 0.490 e. The van der Waals surface area contributed by atoms with Crippen LogP contribution in [0.25, 0.3) is 0 Å². The topological polar surface area (TPSA) is 122 Å². The van der Waals surface area contributed by atoms with Gasteiger partial charge in [-0.05, 0) is 81.6 Å².